The largest absolute Gasteiger partial charge is 0.272 e. The van der Waals surface area contributed by atoms with Crippen LogP contribution in [0.15, 0.2) is 59.7 Å². The van der Waals surface area contributed by atoms with Crippen molar-refractivity contribution in [1.82, 2.24) is 0 Å². The molecule has 2 atom stereocenters. The van der Waals surface area contributed by atoms with E-state index in [2.05, 4.69) is 5.10 Å². The molecule has 1 heterocycles. The molecule has 5 nitrogen and oxygen atoms in total. The van der Waals surface area contributed by atoms with Crippen LogP contribution in [0.25, 0.3) is 0 Å². The average molecular weight is 363 g/mol. The van der Waals surface area contributed by atoms with Gasteiger partial charge in [-0.1, -0.05) is 41.9 Å². The normalized spacial score (nSPS) is 17.6. The fraction of sp³-hybridized carbons (Fsp3) is 0.200. The van der Waals surface area contributed by atoms with Gasteiger partial charge in [-0.2, -0.15) is 15.6 Å². The smallest absolute Gasteiger partial charge is 0.256 e. The van der Waals surface area contributed by atoms with E-state index in [9.17, 15) is 15.3 Å². The average Bonchev–Trinajstić information content (AvgIpc) is 2.95. The Bertz CT molecular complexity index is 928. The molecule has 0 aromatic heterocycles. The van der Waals surface area contributed by atoms with Crippen LogP contribution in [0.3, 0.4) is 0 Å². The molecule has 0 N–H and O–H groups in total. The lowest BCUT2D eigenvalue weighted by Gasteiger charge is -2.24. The maximum absolute atomic E-state index is 13.1. The highest BCUT2D eigenvalue weighted by atomic mass is 35.5. The van der Waals surface area contributed by atoms with Gasteiger partial charge in [0.05, 0.1) is 23.7 Å². The van der Waals surface area contributed by atoms with E-state index in [1.54, 1.807) is 43.3 Å². The first-order valence-electron chi connectivity index (χ1n) is 8.05. The number of hydrazone groups is 1. The summed E-state index contributed by atoms with van der Waals surface area (Å²) in [6.07, 6.45) is 0. The molecular weight excluding hydrogens is 348 g/mol. The second kappa shape index (κ2) is 7.39. The third-order valence-corrected chi connectivity index (χ3v) is 4.65. The first-order valence-corrected chi connectivity index (χ1v) is 8.43. The SMILES string of the molecule is CC1=NN(c2ccccc2)C(=O)C1C(c1cccc(Cl)c1)C(C#N)C#N. The highest BCUT2D eigenvalue weighted by Crippen LogP contribution is 2.39. The van der Waals surface area contributed by atoms with Gasteiger partial charge in [-0.3, -0.25) is 4.79 Å². The molecule has 2 aromatic rings. The number of halogens is 1. The molecule has 0 aliphatic carbocycles. The molecular formula is C20H15ClN4O. The van der Waals surface area contributed by atoms with Crippen LogP contribution in [0.4, 0.5) is 5.69 Å². The minimum absolute atomic E-state index is 0.255. The Balaban J connectivity index is 2.05. The van der Waals surface area contributed by atoms with Crippen molar-refractivity contribution in [3.8, 4) is 12.1 Å². The lowest BCUT2D eigenvalue weighted by atomic mass is 9.76. The summed E-state index contributed by atoms with van der Waals surface area (Å²) in [5, 5.41) is 25.2. The Kier molecular flexibility index (Phi) is 5.02. The minimum atomic E-state index is -0.997. The van der Waals surface area contributed by atoms with Gasteiger partial charge in [0.25, 0.3) is 5.91 Å². The van der Waals surface area contributed by atoms with Gasteiger partial charge in [-0.05, 0) is 36.8 Å². The number of benzene rings is 2. The zero-order valence-corrected chi connectivity index (χ0v) is 14.8. The number of nitrogens with zero attached hydrogens (tertiary/aromatic N) is 4. The Hall–Kier alpha value is -3.15. The first-order chi connectivity index (χ1) is 12.6. The fourth-order valence-electron chi connectivity index (χ4n) is 3.23. The van der Waals surface area contributed by atoms with Crippen LogP contribution in [0.5, 0.6) is 0 Å². The van der Waals surface area contributed by atoms with E-state index in [1.165, 1.54) is 5.01 Å². The van der Waals surface area contributed by atoms with Gasteiger partial charge in [0, 0.05) is 16.7 Å². The quantitative estimate of drug-likeness (QED) is 0.820. The lowest BCUT2D eigenvalue weighted by molar-refractivity contribution is -0.120. The van der Waals surface area contributed by atoms with Crippen LogP contribution in [0.1, 0.15) is 18.4 Å². The van der Waals surface area contributed by atoms with Crippen LogP contribution < -0.4 is 5.01 Å². The highest BCUT2D eigenvalue weighted by molar-refractivity contribution is 6.30. The monoisotopic (exact) mass is 362 g/mol. The maximum Gasteiger partial charge on any atom is 0.256 e. The summed E-state index contributed by atoms with van der Waals surface area (Å²) >= 11 is 6.09. The molecule has 3 rings (SSSR count). The number of carbonyl (C=O) groups excluding carboxylic acids is 1. The van der Waals surface area contributed by atoms with Gasteiger partial charge >= 0.3 is 0 Å². The molecule has 2 aromatic carbocycles. The van der Waals surface area contributed by atoms with Crippen molar-refractivity contribution in [2.75, 3.05) is 5.01 Å². The van der Waals surface area contributed by atoms with E-state index in [0.29, 0.717) is 22.0 Å². The summed E-state index contributed by atoms with van der Waals surface area (Å²) in [6.45, 7) is 1.74. The predicted molar refractivity (Wildman–Crippen MR) is 99.4 cm³/mol. The number of nitriles is 2. The van der Waals surface area contributed by atoms with Crippen molar-refractivity contribution >= 4 is 28.9 Å². The predicted octanol–water partition coefficient (Wildman–Crippen LogP) is 4.13. The molecule has 0 spiro atoms. The molecule has 0 bridgehead atoms. The molecule has 26 heavy (non-hydrogen) atoms. The van der Waals surface area contributed by atoms with Crippen molar-refractivity contribution in [3.05, 3.63) is 65.2 Å². The van der Waals surface area contributed by atoms with Crippen LogP contribution in [-0.2, 0) is 4.79 Å². The second-order valence-corrected chi connectivity index (χ2v) is 6.46. The number of carbonyl (C=O) groups is 1. The molecule has 1 amide bonds. The van der Waals surface area contributed by atoms with Gasteiger partial charge in [0.2, 0.25) is 0 Å². The molecule has 1 aliphatic rings. The van der Waals surface area contributed by atoms with E-state index in [0.717, 1.165) is 0 Å². The third kappa shape index (κ3) is 3.18. The Labute approximate surface area is 156 Å². The summed E-state index contributed by atoms with van der Waals surface area (Å²) in [7, 11) is 0. The molecule has 6 heteroatoms. The molecule has 0 radical (unpaired) electrons. The van der Waals surface area contributed by atoms with Crippen molar-refractivity contribution in [3.63, 3.8) is 0 Å². The maximum atomic E-state index is 13.1. The summed E-state index contributed by atoms with van der Waals surface area (Å²) in [5.41, 5.74) is 1.89. The van der Waals surface area contributed by atoms with Gasteiger partial charge in [-0.15, -0.1) is 0 Å². The second-order valence-electron chi connectivity index (χ2n) is 6.02. The summed E-state index contributed by atoms with van der Waals surface area (Å²) in [6, 6.07) is 20.0. The number of para-hydroxylation sites is 1. The van der Waals surface area contributed by atoms with E-state index in [-0.39, 0.29) is 5.91 Å². The molecule has 0 fully saturated rings. The third-order valence-electron chi connectivity index (χ3n) is 4.41. The minimum Gasteiger partial charge on any atom is -0.272 e. The van der Waals surface area contributed by atoms with Crippen LogP contribution in [-0.4, -0.2) is 11.6 Å². The van der Waals surface area contributed by atoms with Crippen LogP contribution in [0.2, 0.25) is 5.02 Å². The van der Waals surface area contributed by atoms with Gasteiger partial charge < -0.3 is 0 Å². The molecule has 1 aliphatic heterocycles. The summed E-state index contributed by atoms with van der Waals surface area (Å²) < 4.78 is 0. The number of amides is 1. The fourth-order valence-corrected chi connectivity index (χ4v) is 3.43. The number of hydrogen-bond acceptors (Lipinski definition) is 4. The van der Waals surface area contributed by atoms with Crippen LogP contribution in [0, 0.1) is 34.5 Å². The van der Waals surface area contributed by atoms with E-state index >= 15 is 0 Å². The van der Waals surface area contributed by atoms with Crippen molar-refractivity contribution in [2.24, 2.45) is 16.9 Å². The Morgan fingerprint density at radius 3 is 2.42 bits per heavy atom. The van der Waals surface area contributed by atoms with Gasteiger partial charge in [0.15, 0.2) is 0 Å². The standard InChI is InChI=1S/C20H15ClN4O/c1-13-18(20(26)25(24-13)17-8-3-2-4-9-17)19(15(11-22)12-23)14-6-5-7-16(21)10-14/h2-10,15,18-19H,1H3. The number of rotatable bonds is 4. The number of anilines is 1. The van der Waals surface area contributed by atoms with Crippen molar-refractivity contribution < 1.29 is 4.79 Å². The van der Waals surface area contributed by atoms with E-state index in [4.69, 9.17) is 11.6 Å². The van der Waals surface area contributed by atoms with E-state index < -0.39 is 17.8 Å². The van der Waals surface area contributed by atoms with Crippen LogP contribution >= 0.6 is 11.6 Å². The van der Waals surface area contributed by atoms with Crippen molar-refractivity contribution in [2.45, 2.75) is 12.8 Å². The number of hydrogen-bond donors (Lipinski definition) is 0. The van der Waals surface area contributed by atoms with Gasteiger partial charge in [0.1, 0.15) is 5.92 Å². The summed E-state index contributed by atoms with van der Waals surface area (Å²) in [5.74, 6) is -2.59. The highest BCUT2D eigenvalue weighted by Gasteiger charge is 2.44. The lowest BCUT2D eigenvalue weighted by Crippen LogP contribution is -2.34. The molecule has 2 unspecified atom stereocenters. The Morgan fingerprint density at radius 2 is 1.81 bits per heavy atom. The first kappa shape index (κ1) is 17.7. The van der Waals surface area contributed by atoms with Crippen molar-refractivity contribution in [1.29, 1.82) is 10.5 Å². The van der Waals surface area contributed by atoms with Gasteiger partial charge in [-0.25, -0.2) is 5.01 Å². The molecule has 0 saturated carbocycles. The molecule has 128 valence electrons. The molecule has 0 saturated heterocycles. The zero-order valence-electron chi connectivity index (χ0n) is 14.0. The Morgan fingerprint density at radius 1 is 1.12 bits per heavy atom. The van der Waals surface area contributed by atoms with E-state index in [1.807, 2.05) is 30.3 Å². The summed E-state index contributed by atoms with van der Waals surface area (Å²) in [4.78, 5) is 13.1. The topological polar surface area (TPSA) is 80.2 Å². The zero-order chi connectivity index (χ0) is 18.7.